The Morgan fingerprint density at radius 3 is 2.71 bits per heavy atom. The topological polar surface area (TPSA) is 136 Å². The Labute approximate surface area is 158 Å². The van der Waals surface area contributed by atoms with Gasteiger partial charge in [0, 0.05) is 17.5 Å². The molecule has 0 fully saturated rings. The Kier molecular flexibility index (Phi) is 5.21. The highest BCUT2D eigenvalue weighted by atomic mass is 16.6. The van der Waals surface area contributed by atoms with Crippen molar-refractivity contribution in [2.45, 2.75) is 13.0 Å². The van der Waals surface area contributed by atoms with Gasteiger partial charge in [-0.25, -0.2) is 4.79 Å². The molecule has 3 aromatic rings. The van der Waals surface area contributed by atoms with Crippen molar-refractivity contribution >= 4 is 34.2 Å². The van der Waals surface area contributed by atoms with Gasteiger partial charge in [-0.3, -0.25) is 20.0 Å². The lowest BCUT2D eigenvalue weighted by atomic mass is 10.2. The summed E-state index contributed by atoms with van der Waals surface area (Å²) in [6.07, 6.45) is -1.17. The van der Waals surface area contributed by atoms with E-state index in [-0.39, 0.29) is 22.8 Å². The number of nitrogens with zero attached hydrogens (tertiary/aromatic N) is 2. The van der Waals surface area contributed by atoms with E-state index in [1.165, 1.54) is 26.2 Å². The summed E-state index contributed by atoms with van der Waals surface area (Å²) < 4.78 is 10.3. The first kappa shape index (κ1) is 18.8. The summed E-state index contributed by atoms with van der Waals surface area (Å²) in [5.74, 6) is -1.21. The summed E-state index contributed by atoms with van der Waals surface area (Å²) in [4.78, 5) is 35.1. The Hall–Kier alpha value is -3.95. The van der Waals surface area contributed by atoms with Gasteiger partial charge >= 0.3 is 5.97 Å². The number of rotatable bonds is 6. The fraction of sp³-hybridized carbons (Fsp3) is 0.167. The average molecular weight is 384 g/mol. The molecule has 1 atom stereocenters. The van der Waals surface area contributed by atoms with Gasteiger partial charge in [0.05, 0.1) is 23.2 Å². The molecular weight excluding hydrogens is 368 g/mol. The third-order valence-electron chi connectivity index (χ3n) is 3.97. The van der Waals surface area contributed by atoms with Crippen molar-refractivity contribution in [1.82, 2.24) is 10.2 Å². The molecule has 0 aliphatic rings. The Morgan fingerprint density at radius 1 is 1.25 bits per heavy atom. The summed E-state index contributed by atoms with van der Waals surface area (Å²) in [7, 11) is 1.36. The van der Waals surface area contributed by atoms with E-state index < -0.39 is 22.9 Å². The third-order valence-corrected chi connectivity index (χ3v) is 3.97. The van der Waals surface area contributed by atoms with Crippen molar-refractivity contribution in [3.05, 3.63) is 58.3 Å². The van der Waals surface area contributed by atoms with Gasteiger partial charge in [0.25, 0.3) is 11.6 Å². The monoisotopic (exact) mass is 384 g/mol. The summed E-state index contributed by atoms with van der Waals surface area (Å²) in [6, 6.07) is 10.8. The van der Waals surface area contributed by atoms with E-state index >= 15 is 0 Å². The summed E-state index contributed by atoms with van der Waals surface area (Å²) in [5, 5.41) is 20.6. The number of nitrogens with one attached hydrogen (secondary N) is 2. The normalized spacial score (nSPS) is 11.6. The Balaban J connectivity index is 1.74. The van der Waals surface area contributed by atoms with E-state index in [0.29, 0.717) is 10.9 Å². The Bertz CT molecular complexity index is 1060. The second-order valence-corrected chi connectivity index (χ2v) is 5.80. The van der Waals surface area contributed by atoms with Crippen LogP contribution in [0.3, 0.4) is 0 Å². The maximum absolute atomic E-state index is 12.4. The number of carbonyl (C=O) groups is 2. The number of hydrogen-bond donors (Lipinski definition) is 2. The molecule has 2 aromatic carbocycles. The number of benzene rings is 2. The molecule has 1 heterocycles. The fourth-order valence-corrected chi connectivity index (χ4v) is 2.53. The van der Waals surface area contributed by atoms with Crippen LogP contribution < -0.4 is 10.1 Å². The molecule has 1 amide bonds. The number of ether oxygens (including phenoxy) is 2. The lowest BCUT2D eigenvalue weighted by Gasteiger charge is -2.14. The second-order valence-electron chi connectivity index (χ2n) is 5.80. The van der Waals surface area contributed by atoms with Crippen molar-refractivity contribution < 1.29 is 24.0 Å². The van der Waals surface area contributed by atoms with Crippen molar-refractivity contribution in [1.29, 1.82) is 0 Å². The minimum absolute atomic E-state index is 0.0585. The SMILES string of the molecule is COc1ccc([N+](=O)[O-])cc1NC(=O)[C@@H](C)OC(=O)c1n[nH]c2ccccc12. The number of nitro benzene ring substituents is 1. The number of non-ortho nitro benzene ring substituents is 1. The Morgan fingerprint density at radius 2 is 2.00 bits per heavy atom. The van der Waals surface area contributed by atoms with E-state index in [1.807, 2.05) is 0 Å². The molecule has 0 radical (unpaired) electrons. The number of anilines is 1. The van der Waals surface area contributed by atoms with Gasteiger partial charge in [0.2, 0.25) is 0 Å². The molecule has 1 aromatic heterocycles. The second kappa shape index (κ2) is 7.74. The maximum Gasteiger partial charge on any atom is 0.360 e. The van der Waals surface area contributed by atoms with Crippen LogP contribution >= 0.6 is 0 Å². The number of fused-ring (bicyclic) bond motifs is 1. The van der Waals surface area contributed by atoms with Crippen LogP contribution in [0.4, 0.5) is 11.4 Å². The van der Waals surface area contributed by atoms with Crippen LogP contribution in [0, 0.1) is 10.1 Å². The maximum atomic E-state index is 12.4. The molecule has 3 rings (SSSR count). The van der Waals surface area contributed by atoms with E-state index in [2.05, 4.69) is 15.5 Å². The number of aromatic amines is 1. The predicted octanol–water partition coefficient (Wildman–Crippen LogP) is 2.66. The number of nitro groups is 1. The van der Waals surface area contributed by atoms with Crippen molar-refractivity contribution in [2.24, 2.45) is 0 Å². The van der Waals surface area contributed by atoms with Gasteiger partial charge in [0.1, 0.15) is 5.75 Å². The number of aromatic nitrogens is 2. The molecule has 0 saturated carbocycles. The van der Waals surface area contributed by atoms with E-state index in [9.17, 15) is 19.7 Å². The molecule has 0 aliphatic heterocycles. The predicted molar refractivity (Wildman–Crippen MR) is 99.2 cm³/mol. The van der Waals surface area contributed by atoms with E-state index in [1.54, 1.807) is 24.3 Å². The first-order valence-electron chi connectivity index (χ1n) is 8.18. The number of esters is 1. The smallest absolute Gasteiger partial charge is 0.360 e. The van der Waals surface area contributed by atoms with Crippen molar-refractivity contribution in [3.63, 3.8) is 0 Å². The van der Waals surface area contributed by atoms with Gasteiger partial charge in [0.15, 0.2) is 11.8 Å². The fourth-order valence-electron chi connectivity index (χ4n) is 2.53. The van der Waals surface area contributed by atoms with Crippen LogP contribution in [-0.4, -0.2) is 40.2 Å². The standard InChI is InChI=1S/C18H16N4O6/c1-10(28-18(24)16-12-5-3-4-6-13(12)20-21-16)17(23)19-14-9-11(22(25)26)7-8-15(14)27-2/h3-10H,1-2H3,(H,19,23)(H,20,21)/t10-/m1/s1. The molecule has 144 valence electrons. The van der Waals surface area contributed by atoms with Crippen LogP contribution in [0.1, 0.15) is 17.4 Å². The number of para-hydroxylation sites is 1. The van der Waals surface area contributed by atoms with Crippen molar-refractivity contribution in [2.75, 3.05) is 12.4 Å². The zero-order valence-corrected chi connectivity index (χ0v) is 15.0. The first-order valence-corrected chi connectivity index (χ1v) is 8.18. The first-order chi connectivity index (χ1) is 13.4. The van der Waals surface area contributed by atoms with Crippen LogP contribution in [-0.2, 0) is 9.53 Å². The zero-order chi connectivity index (χ0) is 20.3. The molecule has 2 N–H and O–H groups in total. The highest BCUT2D eigenvalue weighted by Crippen LogP contribution is 2.29. The van der Waals surface area contributed by atoms with Crippen molar-refractivity contribution in [3.8, 4) is 5.75 Å². The zero-order valence-electron chi connectivity index (χ0n) is 15.0. The van der Waals surface area contributed by atoms with Crippen LogP contribution in [0.2, 0.25) is 0 Å². The lowest BCUT2D eigenvalue weighted by Crippen LogP contribution is -2.30. The lowest BCUT2D eigenvalue weighted by molar-refractivity contribution is -0.384. The van der Waals surface area contributed by atoms with Crippen LogP contribution in [0.25, 0.3) is 10.9 Å². The van der Waals surface area contributed by atoms with Crippen LogP contribution in [0.5, 0.6) is 5.75 Å². The third kappa shape index (κ3) is 3.75. The number of carbonyl (C=O) groups excluding carboxylic acids is 2. The molecule has 10 heteroatoms. The summed E-state index contributed by atoms with van der Waals surface area (Å²) in [6.45, 7) is 1.38. The van der Waals surface area contributed by atoms with Gasteiger partial charge in [-0.05, 0) is 19.1 Å². The molecule has 10 nitrogen and oxygen atoms in total. The number of methoxy groups -OCH3 is 1. The van der Waals surface area contributed by atoms with Gasteiger partial charge in [-0.15, -0.1) is 0 Å². The number of H-pyrrole nitrogens is 1. The largest absolute Gasteiger partial charge is 0.495 e. The van der Waals surface area contributed by atoms with E-state index in [0.717, 1.165) is 6.07 Å². The molecule has 0 unspecified atom stereocenters. The minimum atomic E-state index is -1.17. The quantitative estimate of drug-likeness (QED) is 0.379. The van der Waals surface area contributed by atoms with Gasteiger partial charge in [-0.1, -0.05) is 18.2 Å². The summed E-state index contributed by atoms with van der Waals surface area (Å²) in [5.41, 5.74) is 0.592. The highest BCUT2D eigenvalue weighted by Gasteiger charge is 2.23. The molecular formula is C18H16N4O6. The molecule has 0 aliphatic carbocycles. The highest BCUT2D eigenvalue weighted by molar-refractivity contribution is 6.03. The van der Waals surface area contributed by atoms with E-state index in [4.69, 9.17) is 9.47 Å². The minimum Gasteiger partial charge on any atom is -0.495 e. The molecule has 0 saturated heterocycles. The van der Waals surface area contributed by atoms with Gasteiger partial charge < -0.3 is 14.8 Å². The summed E-state index contributed by atoms with van der Waals surface area (Å²) >= 11 is 0. The average Bonchev–Trinajstić information content (AvgIpc) is 3.12. The molecule has 28 heavy (non-hydrogen) atoms. The number of amides is 1. The van der Waals surface area contributed by atoms with Crippen LogP contribution in [0.15, 0.2) is 42.5 Å². The van der Waals surface area contributed by atoms with Gasteiger partial charge in [-0.2, -0.15) is 5.10 Å². The molecule has 0 spiro atoms. The molecule has 0 bridgehead atoms. The number of hydrogen-bond acceptors (Lipinski definition) is 7.